The number of aromatic nitrogens is 1. The number of nitrogens with one attached hydrogen (secondary N) is 3. The summed E-state index contributed by atoms with van der Waals surface area (Å²) in [4.78, 5) is 29.0. The van der Waals surface area contributed by atoms with E-state index in [4.69, 9.17) is 21.1 Å². The number of ether oxygens (including phenoxy) is 2. The fourth-order valence-corrected chi connectivity index (χ4v) is 3.68. The number of para-hydroxylation sites is 1. The Bertz CT molecular complexity index is 1330. The van der Waals surface area contributed by atoms with Crippen molar-refractivity contribution in [1.82, 2.24) is 10.3 Å². The normalized spacial score (nSPS) is 12.0. The van der Waals surface area contributed by atoms with Gasteiger partial charge >= 0.3 is 0 Å². The lowest BCUT2D eigenvalue weighted by atomic mass is 10.1. The second-order valence-corrected chi connectivity index (χ2v) is 7.69. The molecule has 0 saturated carbocycles. The number of anilines is 1. The van der Waals surface area contributed by atoms with Gasteiger partial charge < -0.3 is 25.1 Å². The maximum Gasteiger partial charge on any atom is 0.270 e. The lowest BCUT2D eigenvalue weighted by Crippen LogP contribution is -2.25. The molecule has 2 amide bonds. The maximum absolute atomic E-state index is 13.0. The molecule has 1 aliphatic heterocycles. The van der Waals surface area contributed by atoms with Crippen LogP contribution < -0.4 is 20.1 Å². The average Bonchev–Trinajstić information content (AvgIpc) is 3.42. The summed E-state index contributed by atoms with van der Waals surface area (Å²) in [5.74, 6) is 0.655. The van der Waals surface area contributed by atoms with Crippen LogP contribution in [-0.2, 0) is 6.54 Å². The molecule has 3 N–H and O–H groups in total. The first-order chi connectivity index (χ1) is 15.6. The molecule has 0 atom stereocenters. The van der Waals surface area contributed by atoms with Gasteiger partial charge in [0, 0.05) is 28.0 Å². The van der Waals surface area contributed by atoms with Crippen LogP contribution in [0.2, 0.25) is 5.02 Å². The van der Waals surface area contributed by atoms with E-state index >= 15 is 0 Å². The highest BCUT2D eigenvalue weighted by molar-refractivity contribution is 6.30. The van der Waals surface area contributed by atoms with Gasteiger partial charge in [0.15, 0.2) is 11.5 Å². The number of aromatic amines is 1. The summed E-state index contributed by atoms with van der Waals surface area (Å²) in [6.07, 6.45) is 0. The molecule has 0 saturated heterocycles. The van der Waals surface area contributed by atoms with Crippen LogP contribution >= 0.6 is 11.6 Å². The van der Waals surface area contributed by atoms with Gasteiger partial charge in [-0.25, -0.2) is 0 Å². The average molecular weight is 448 g/mol. The standard InChI is InChI=1S/C24H18ClN3O4/c25-16-8-6-15(7-9-16)23(29)28-21-17-3-1-2-4-18(17)27-22(21)24(30)26-12-14-5-10-19-20(11-14)32-13-31-19/h1-11,27H,12-13H2,(H,26,30)(H,28,29). The molecule has 0 aliphatic carbocycles. The van der Waals surface area contributed by atoms with Crippen molar-refractivity contribution < 1.29 is 19.1 Å². The van der Waals surface area contributed by atoms with Crippen molar-refractivity contribution in [3.63, 3.8) is 0 Å². The molecule has 4 aromatic rings. The zero-order valence-corrected chi connectivity index (χ0v) is 17.5. The third-order valence-electron chi connectivity index (χ3n) is 5.17. The maximum atomic E-state index is 13.0. The Balaban J connectivity index is 1.39. The first-order valence-corrected chi connectivity index (χ1v) is 10.3. The minimum Gasteiger partial charge on any atom is -0.454 e. The zero-order valence-electron chi connectivity index (χ0n) is 16.8. The van der Waals surface area contributed by atoms with E-state index in [-0.39, 0.29) is 30.8 Å². The number of rotatable bonds is 5. The number of hydrogen-bond donors (Lipinski definition) is 3. The lowest BCUT2D eigenvalue weighted by Gasteiger charge is -2.09. The van der Waals surface area contributed by atoms with E-state index in [9.17, 15) is 9.59 Å². The van der Waals surface area contributed by atoms with Crippen molar-refractivity contribution in [2.24, 2.45) is 0 Å². The zero-order chi connectivity index (χ0) is 22.1. The van der Waals surface area contributed by atoms with Crippen molar-refractivity contribution in [2.45, 2.75) is 6.54 Å². The van der Waals surface area contributed by atoms with Crippen LogP contribution in [0.15, 0.2) is 66.7 Å². The second-order valence-electron chi connectivity index (χ2n) is 7.25. The van der Waals surface area contributed by atoms with E-state index in [0.29, 0.717) is 27.8 Å². The quantitative estimate of drug-likeness (QED) is 0.412. The van der Waals surface area contributed by atoms with E-state index < -0.39 is 0 Å². The van der Waals surface area contributed by atoms with Crippen LogP contribution in [0, 0.1) is 0 Å². The van der Waals surface area contributed by atoms with Crippen LogP contribution in [-0.4, -0.2) is 23.6 Å². The van der Waals surface area contributed by atoms with Crippen LogP contribution in [0.5, 0.6) is 11.5 Å². The molecule has 8 heteroatoms. The number of fused-ring (bicyclic) bond motifs is 2. The van der Waals surface area contributed by atoms with E-state index in [1.165, 1.54) is 0 Å². The van der Waals surface area contributed by atoms with Crippen LogP contribution in [0.4, 0.5) is 5.69 Å². The number of amides is 2. The molecule has 1 aromatic heterocycles. The number of halogens is 1. The molecule has 0 fully saturated rings. The highest BCUT2D eigenvalue weighted by Gasteiger charge is 2.20. The molecule has 1 aliphatic rings. The molecule has 2 heterocycles. The summed E-state index contributed by atoms with van der Waals surface area (Å²) in [6.45, 7) is 0.478. The van der Waals surface area contributed by atoms with Crippen molar-refractivity contribution >= 4 is 40.0 Å². The number of benzene rings is 3. The van der Waals surface area contributed by atoms with Gasteiger partial charge in [-0.2, -0.15) is 0 Å². The molecule has 32 heavy (non-hydrogen) atoms. The molecule has 0 bridgehead atoms. The molecule has 7 nitrogen and oxygen atoms in total. The van der Waals surface area contributed by atoms with E-state index in [2.05, 4.69) is 15.6 Å². The topological polar surface area (TPSA) is 92.5 Å². The van der Waals surface area contributed by atoms with E-state index in [1.54, 1.807) is 24.3 Å². The van der Waals surface area contributed by atoms with Gasteiger partial charge in [0.1, 0.15) is 5.69 Å². The van der Waals surface area contributed by atoms with Gasteiger partial charge in [-0.3, -0.25) is 9.59 Å². The predicted octanol–water partition coefficient (Wildman–Crippen LogP) is 4.73. The molecule has 160 valence electrons. The van der Waals surface area contributed by atoms with E-state index in [1.807, 2.05) is 42.5 Å². The van der Waals surface area contributed by atoms with Gasteiger partial charge in [0.05, 0.1) is 5.69 Å². The van der Waals surface area contributed by atoms with Gasteiger partial charge in [-0.05, 0) is 48.0 Å². The van der Waals surface area contributed by atoms with Crippen molar-refractivity contribution in [3.8, 4) is 11.5 Å². The highest BCUT2D eigenvalue weighted by Crippen LogP contribution is 2.32. The number of carbonyl (C=O) groups excluding carboxylic acids is 2. The number of carbonyl (C=O) groups is 2. The number of hydrogen-bond acceptors (Lipinski definition) is 4. The highest BCUT2D eigenvalue weighted by atomic mass is 35.5. The van der Waals surface area contributed by atoms with E-state index in [0.717, 1.165) is 16.5 Å². The third kappa shape index (κ3) is 3.86. The van der Waals surface area contributed by atoms with Crippen LogP contribution in [0.25, 0.3) is 10.9 Å². The van der Waals surface area contributed by atoms with Crippen LogP contribution in [0.1, 0.15) is 26.4 Å². The first-order valence-electron chi connectivity index (χ1n) is 9.93. The minimum atomic E-state index is -0.342. The Morgan fingerprint density at radius 3 is 2.56 bits per heavy atom. The lowest BCUT2D eigenvalue weighted by molar-refractivity contribution is 0.0947. The largest absolute Gasteiger partial charge is 0.454 e. The Hall–Kier alpha value is -3.97. The van der Waals surface area contributed by atoms with Gasteiger partial charge in [-0.1, -0.05) is 35.9 Å². The summed E-state index contributed by atoms with van der Waals surface area (Å²) in [5, 5.41) is 7.04. The van der Waals surface area contributed by atoms with Gasteiger partial charge in [-0.15, -0.1) is 0 Å². The summed E-state index contributed by atoms with van der Waals surface area (Å²) >= 11 is 5.92. The molecule has 0 unspecified atom stereocenters. The SMILES string of the molecule is O=C(Nc1c(C(=O)NCc2ccc3c(c2)OCO3)[nH]c2ccccc12)c1ccc(Cl)cc1. The smallest absolute Gasteiger partial charge is 0.270 e. The summed E-state index contributed by atoms with van der Waals surface area (Å²) in [7, 11) is 0. The Kier molecular flexibility index (Phi) is 5.17. The van der Waals surface area contributed by atoms with Crippen molar-refractivity contribution in [1.29, 1.82) is 0 Å². The summed E-state index contributed by atoms with van der Waals surface area (Å²) in [6, 6.07) is 19.5. The Morgan fingerprint density at radius 2 is 1.72 bits per heavy atom. The third-order valence-corrected chi connectivity index (χ3v) is 5.42. The fraction of sp³-hybridized carbons (Fsp3) is 0.0833. The monoisotopic (exact) mass is 447 g/mol. The predicted molar refractivity (Wildman–Crippen MR) is 121 cm³/mol. The Labute approximate surface area is 188 Å². The minimum absolute atomic E-state index is 0.191. The van der Waals surface area contributed by atoms with Crippen molar-refractivity contribution in [2.75, 3.05) is 12.1 Å². The molecule has 3 aromatic carbocycles. The second kappa shape index (κ2) is 8.28. The molecular weight excluding hydrogens is 430 g/mol. The number of H-pyrrole nitrogens is 1. The molecular formula is C24H18ClN3O4. The summed E-state index contributed by atoms with van der Waals surface area (Å²) in [5.41, 5.74) is 2.74. The molecule has 5 rings (SSSR count). The fourth-order valence-electron chi connectivity index (χ4n) is 3.55. The summed E-state index contributed by atoms with van der Waals surface area (Å²) < 4.78 is 10.7. The van der Waals surface area contributed by atoms with Crippen LogP contribution in [0.3, 0.4) is 0 Å². The van der Waals surface area contributed by atoms with Gasteiger partial charge in [0.2, 0.25) is 6.79 Å². The Morgan fingerprint density at radius 1 is 0.938 bits per heavy atom. The first kappa shape index (κ1) is 20.0. The molecule has 0 radical (unpaired) electrons. The van der Waals surface area contributed by atoms with Crippen molar-refractivity contribution in [3.05, 3.63) is 88.6 Å². The molecule has 0 spiro atoms. The van der Waals surface area contributed by atoms with Gasteiger partial charge in [0.25, 0.3) is 11.8 Å².